The second-order valence-corrected chi connectivity index (χ2v) is 8.61. The molecule has 0 amide bonds. The normalized spacial score (nSPS) is 36.5. The lowest BCUT2D eigenvalue weighted by Crippen LogP contribution is -2.46. The fraction of sp³-hybridized carbons (Fsp3) is 0.591. The maximum absolute atomic E-state index is 13.4. The van der Waals surface area contributed by atoms with Crippen LogP contribution in [0.3, 0.4) is 0 Å². The average Bonchev–Trinajstić information content (AvgIpc) is 2.82. The summed E-state index contributed by atoms with van der Waals surface area (Å²) in [5.74, 6) is -0.177. The van der Waals surface area contributed by atoms with E-state index in [1.165, 1.54) is 11.6 Å². The van der Waals surface area contributed by atoms with Crippen molar-refractivity contribution < 1.29 is 9.50 Å². The predicted octanol–water partition coefficient (Wildman–Crippen LogP) is 5.06. The quantitative estimate of drug-likeness (QED) is 0.716. The molecule has 1 saturated carbocycles. The molecule has 26 heavy (non-hydrogen) atoms. The second kappa shape index (κ2) is 6.80. The van der Waals surface area contributed by atoms with Crippen molar-refractivity contribution in [2.45, 2.75) is 76.5 Å². The Balaban J connectivity index is 1.98. The third kappa shape index (κ3) is 3.20. The zero-order valence-corrected chi connectivity index (χ0v) is 16.2. The molecular weight excluding hydrogens is 327 g/mol. The van der Waals surface area contributed by atoms with Crippen molar-refractivity contribution >= 4 is 6.21 Å². The minimum atomic E-state index is -0.740. The van der Waals surface area contributed by atoms with Gasteiger partial charge < -0.3 is 5.11 Å². The van der Waals surface area contributed by atoms with Gasteiger partial charge in [0.1, 0.15) is 5.83 Å². The summed E-state index contributed by atoms with van der Waals surface area (Å²) < 4.78 is 13.4. The van der Waals surface area contributed by atoms with Gasteiger partial charge in [-0.15, -0.1) is 6.58 Å². The van der Waals surface area contributed by atoms with E-state index in [-0.39, 0.29) is 22.8 Å². The molecule has 3 atom stereocenters. The molecule has 0 aromatic heterocycles. The molecule has 142 valence electrons. The highest BCUT2D eigenvalue weighted by molar-refractivity contribution is 5.57. The summed E-state index contributed by atoms with van der Waals surface area (Å²) in [5.41, 5.74) is -0.0255. The lowest BCUT2D eigenvalue weighted by atomic mass is 9.68. The van der Waals surface area contributed by atoms with Crippen LogP contribution in [0.5, 0.6) is 0 Å². The average molecular weight is 359 g/mol. The van der Waals surface area contributed by atoms with Crippen LogP contribution in [0.25, 0.3) is 0 Å². The number of nitrogens with zero attached hydrogens (tertiary/aromatic N) is 2. The summed E-state index contributed by atoms with van der Waals surface area (Å²) in [7, 11) is 0. The lowest BCUT2D eigenvalue weighted by Gasteiger charge is -2.42. The van der Waals surface area contributed by atoms with Crippen LogP contribution in [0.1, 0.15) is 59.3 Å². The largest absolute Gasteiger partial charge is 0.389 e. The van der Waals surface area contributed by atoms with E-state index in [0.717, 1.165) is 25.7 Å². The van der Waals surface area contributed by atoms with Crippen molar-refractivity contribution in [3.05, 3.63) is 48.4 Å². The summed E-state index contributed by atoms with van der Waals surface area (Å²) in [6, 6.07) is 0.0374. The molecule has 0 saturated heterocycles. The van der Waals surface area contributed by atoms with Crippen LogP contribution >= 0.6 is 0 Å². The molecule has 3 unspecified atom stereocenters. The van der Waals surface area contributed by atoms with E-state index in [1.807, 2.05) is 18.4 Å². The minimum absolute atomic E-state index is 0.0374. The maximum atomic E-state index is 13.4. The highest BCUT2D eigenvalue weighted by Crippen LogP contribution is 2.55. The van der Waals surface area contributed by atoms with Crippen molar-refractivity contribution in [2.24, 2.45) is 10.5 Å². The Morgan fingerprint density at radius 1 is 1.38 bits per heavy atom. The van der Waals surface area contributed by atoms with Crippen LogP contribution in [0.15, 0.2) is 53.5 Å². The van der Waals surface area contributed by atoms with Gasteiger partial charge in [-0.05, 0) is 64.5 Å². The van der Waals surface area contributed by atoms with Crippen LogP contribution in [0.4, 0.5) is 4.39 Å². The van der Waals surface area contributed by atoms with E-state index in [2.05, 4.69) is 38.4 Å². The first-order chi connectivity index (χ1) is 12.2. The van der Waals surface area contributed by atoms with Crippen LogP contribution in [-0.2, 0) is 0 Å². The van der Waals surface area contributed by atoms with Gasteiger partial charge in [-0.3, -0.25) is 5.01 Å². The van der Waals surface area contributed by atoms with Gasteiger partial charge >= 0.3 is 0 Å². The van der Waals surface area contributed by atoms with E-state index in [9.17, 15) is 9.50 Å². The van der Waals surface area contributed by atoms with Crippen molar-refractivity contribution in [3.8, 4) is 0 Å². The molecule has 3 rings (SSSR count). The van der Waals surface area contributed by atoms with E-state index < -0.39 is 5.60 Å². The molecule has 0 spiro atoms. The second-order valence-electron chi connectivity index (χ2n) is 8.61. The fourth-order valence-electron chi connectivity index (χ4n) is 4.80. The topological polar surface area (TPSA) is 35.8 Å². The molecule has 3 nitrogen and oxygen atoms in total. The number of aliphatic hydroxyl groups is 1. The summed E-state index contributed by atoms with van der Waals surface area (Å²) in [4.78, 5) is 0. The molecule has 3 aliphatic rings. The molecule has 0 aromatic carbocycles. The first-order valence-electron chi connectivity index (χ1n) is 9.63. The number of hydrogen-bond acceptors (Lipinski definition) is 3. The SMILES string of the molecule is C=CCC1(O)CCC2=CC(C)(C)N(C3C=CC(F)=CC3)N=CCCC21C. The smallest absolute Gasteiger partial charge is 0.119 e. The van der Waals surface area contributed by atoms with Gasteiger partial charge in [0.15, 0.2) is 0 Å². The zero-order valence-electron chi connectivity index (χ0n) is 16.2. The van der Waals surface area contributed by atoms with Gasteiger partial charge in [0.05, 0.1) is 17.2 Å². The van der Waals surface area contributed by atoms with Gasteiger partial charge in [0, 0.05) is 11.6 Å². The highest BCUT2D eigenvalue weighted by atomic mass is 19.1. The molecule has 0 bridgehead atoms. The summed E-state index contributed by atoms with van der Waals surface area (Å²) in [5, 5.41) is 18.2. The Labute approximate surface area is 156 Å². The predicted molar refractivity (Wildman–Crippen MR) is 106 cm³/mol. The number of hydrogen-bond donors (Lipinski definition) is 1. The summed E-state index contributed by atoms with van der Waals surface area (Å²) in [6.07, 6.45) is 15.7. The van der Waals surface area contributed by atoms with Crippen molar-refractivity contribution in [1.29, 1.82) is 0 Å². The number of hydrazone groups is 1. The highest BCUT2D eigenvalue weighted by Gasteiger charge is 2.53. The molecule has 1 N–H and O–H groups in total. The summed E-state index contributed by atoms with van der Waals surface area (Å²) >= 11 is 0. The number of fused-ring (bicyclic) bond motifs is 1. The van der Waals surface area contributed by atoms with Crippen LogP contribution < -0.4 is 0 Å². The van der Waals surface area contributed by atoms with E-state index >= 15 is 0 Å². The monoisotopic (exact) mass is 358 g/mol. The number of halogens is 1. The molecule has 1 heterocycles. The molecule has 1 fully saturated rings. The van der Waals surface area contributed by atoms with Crippen LogP contribution in [-0.4, -0.2) is 33.5 Å². The molecular formula is C22H31FN2O. The molecule has 2 aliphatic carbocycles. The minimum Gasteiger partial charge on any atom is -0.389 e. The van der Waals surface area contributed by atoms with Crippen LogP contribution in [0.2, 0.25) is 0 Å². The van der Waals surface area contributed by atoms with Gasteiger partial charge in [0.25, 0.3) is 0 Å². The molecule has 4 heteroatoms. The zero-order chi connectivity index (χ0) is 19.0. The standard InChI is InChI=1S/C22H31FN2O/c1-5-12-22(26)14-11-17-16-20(2,3)25(19-9-7-18(23)8-10-19)24-15-6-13-21(17,22)4/h5,7-9,15-16,19,26H,1,6,10-14H2,2-4H3. The third-order valence-electron chi connectivity index (χ3n) is 6.47. The molecule has 0 aromatic rings. The molecule has 1 aliphatic heterocycles. The third-order valence-corrected chi connectivity index (χ3v) is 6.47. The first-order valence-corrected chi connectivity index (χ1v) is 9.63. The first kappa shape index (κ1) is 19.1. The Hall–Kier alpha value is -1.68. The van der Waals surface area contributed by atoms with Crippen molar-refractivity contribution in [2.75, 3.05) is 0 Å². The van der Waals surface area contributed by atoms with E-state index in [1.54, 1.807) is 6.08 Å². The Kier molecular flexibility index (Phi) is 5.00. The molecule has 0 radical (unpaired) electrons. The van der Waals surface area contributed by atoms with Crippen molar-refractivity contribution in [3.63, 3.8) is 0 Å². The van der Waals surface area contributed by atoms with Gasteiger partial charge in [-0.2, -0.15) is 5.10 Å². The number of allylic oxidation sites excluding steroid dienone is 2. The van der Waals surface area contributed by atoms with Crippen LogP contribution in [0, 0.1) is 5.41 Å². The maximum Gasteiger partial charge on any atom is 0.119 e. The Bertz CT molecular complexity index is 690. The van der Waals surface area contributed by atoms with Gasteiger partial charge in [0.2, 0.25) is 0 Å². The van der Waals surface area contributed by atoms with Crippen molar-refractivity contribution in [1.82, 2.24) is 5.01 Å². The number of rotatable bonds is 3. The van der Waals surface area contributed by atoms with Gasteiger partial charge in [-0.1, -0.05) is 30.7 Å². The van der Waals surface area contributed by atoms with E-state index in [0.29, 0.717) is 12.8 Å². The fourth-order valence-corrected chi connectivity index (χ4v) is 4.80. The summed E-state index contributed by atoms with van der Waals surface area (Å²) in [6.45, 7) is 10.3. The lowest BCUT2D eigenvalue weighted by molar-refractivity contribution is -0.0396. The van der Waals surface area contributed by atoms with Gasteiger partial charge in [-0.25, -0.2) is 4.39 Å². The Morgan fingerprint density at radius 2 is 2.15 bits per heavy atom. The van der Waals surface area contributed by atoms with E-state index in [4.69, 9.17) is 5.10 Å². The Morgan fingerprint density at radius 3 is 2.81 bits per heavy atom.